The van der Waals surface area contributed by atoms with Gasteiger partial charge in [0, 0.05) is 5.69 Å². The standard InChI is InChI=1S/C22H31N3O3/c1-3-4-5-9-17-10-12-18(13-11-17)23-19(26)15-25-20(27)22(24-21(25)28)14-7-6-8-16(22)2/h10-13,16H,3-9,14-15H2,1-2H3,(H,23,26)(H,24,28). The molecular weight excluding hydrogens is 354 g/mol. The molecule has 1 aliphatic heterocycles. The Morgan fingerprint density at radius 1 is 1.21 bits per heavy atom. The monoisotopic (exact) mass is 385 g/mol. The Balaban J connectivity index is 1.57. The fourth-order valence-corrected chi connectivity index (χ4v) is 4.32. The zero-order valence-electron chi connectivity index (χ0n) is 16.9. The smallest absolute Gasteiger partial charge is 0.325 e. The molecule has 1 saturated heterocycles. The van der Waals surface area contributed by atoms with Gasteiger partial charge >= 0.3 is 6.03 Å². The second-order valence-electron chi connectivity index (χ2n) is 8.14. The van der Waals surface area contributed by atoms with Crippen LogP contribution in [0, 0.1) is 5.92 Å². The number of hydrogen-bond donors (Lipinski definition) is 2. The lowest BCUT2D eigenvalue weighted by atomic mass is 9.73. The molecule has 0 radical (unpaired) electrons. The third-order valence-corrected chi connectivity index (χ3v) is 6.11. The number of carbonyl (C=O) groups excluding carboxylic acids is 3. The van der Waals surface area contributed by atoms with E-state index in [0.29, 0.717) is 12.1 Å². The third kappa shape index (κ3) is 4.21. The van der Waals surface area contributed by atoms with E-state index in [0.717, 1.165) is 37.0 Å². The van der Waals surface area contributed by atoms with Crippen LogP contribution < -0.4 is 10.6 Å². The predicted molar refractivity (Wildman–Crippen MR) is 109 cm³/mol. The van der Waals surface area contributed by atoms with E-state index in [1.807, 2.05) is 31.2 Å². The predicted octanol–water partition coefficient (Wildman–Crippen LogP) is 3.86. The number of amides is 4. The largest absolute Gasteiger partial charge is 0.325 e. The van der Waals surface area contributed by atoms with Gasteiger partial charge in [-0.3, -0.25) is 14.5 Å². The molecule has 1 aromatic carbocycles. The Morgan fingerprint density at radius 2 is 1.96 bits per heavy atom. The van der Waals surface area contributed by atoms with Gasteiger partial charge in [-0.05, 0) is 49.3 Å². The summed E-state index contributed by atoms with van der Waals surface area (Å²) in [6, 6.07) is 7.31. The molecule has 2 fully saturated rings. The Bertz CT molecular complexity index is 731. The van der Waals surface area contributed by atoms with Crippen LogP contribution in [-0.4, -0.2) is 34.8 Å². The SMILES string of the molecule is CCCCCc1ccc(NC(=O)CN2C(=O)NC3(CCCCC3C)C2=O)cc1. The van der Waals surface area contributed by atoms with E-state index in [4.69, 9.17) is 0 Å². The van der Waals surface area contributed by atoms with Crippen molar-refractivity contribution in [3.63, 3.8) is 0 Å². The van der Waals surface area contributed by atoms with Crippen molar-refractivity contribution in [2.45, 2.75) is 70.8 Å². The molecule has 0 aromatic heterocycles. The first kappa shape index (κ1) is 20.4. The molecule has 0 bridgehead atoms. The first-order valence-electron chi connectivity index (χ1n) is 10.5. The van der Waals surface area contributed by atoms with Crippen LogP contribution in [0.2, 0.25) is 0 Å². The Hall–Kier alpha value is -2.37. The minimum absolute atomic E-state index is 0.0889. The van der Waals surface area contributed by atoms with Crippen molar-refractivity contribution in [1.82, 2.24) is 10.2 Å². The Morgan fingerprint density at radius 3 is 2.64 bits per heavy atom. The molecular formula is C22H31N3O3. The van der Waals surface area contributed by atoms with Crippen LogP contribution in [0.5, 0.6) is 0 Å². The fourth-order valence-electron chi connectivity index (χ4n) is 4.32. The van der Waals surface area contributed by atoms with Crippen LogP contribution in [-0.2, 0) is 16.0 Å². The number of nitrogens with zero attached hydrogens (tertiary/aromatic N) is 1. The van der Waals surface area contributed by atoms with Gasteiger partial charge in [-0.2, -0.15) is 0 Å². The summed E-state index contributed by atoms with van der Waals surface area (Å²) in [4.78, 5) is 38.8. The van der Waals surface area contributed by atoms with Crippen LogP contribution in [0.3, 0.4) is 0 Å². The van der Waals surface area contributed by atoms with Crippen molar-refractivity contribution >= 4 is 23.5 Å². The van der Waals surface area contributed by atoms with Crippen molar-refractivity contribution in [2.24, 2.45) is 5.92 Å². The molecule has 6 heteroatoms. The van der Waals surface area contributed by atoms with Gasteiger partial charge in [0.2, 0.25) is 5.91 Å². The van der Waals surface area contributed by atoms with Gasteiger partial charge in [0.1, 0.15) is 12.1 Å². The molecule has 6 nitrogen and oxygen atoms in total. The molecule has 4 amide bonds. The topological polar surface area (TPSA) is 78.5 Å². The lowest BCUT2D eigenvalue weighted by molar-refractivity contribution is -0.136. The van der Waals surface area contributed by atoms with Crippen molar-refractivity contribution < 1.29 is 14.4 Å². The average Bonchev–Trinajstić information content (AvgIpc) is 2.91. The van der Waals surface area contributed by atoms with E-state index in [1.54, 1.807) is 0 Å². The zero-order valence-corrected chi connectivity index (χ0v) is 16.9. The average molecular weight is 386 g/mol. The summed E-state index contributed by atoms with van der Waals surface area (Å²) in [5, 5.41) is 5.67. The van der Waals surface area contributed by atoms with Crippen LogP contribution in [0.4, 0.5) is 10.5 Å². The molecule has 152 valence electrons. The lowest BCUT2D eigenvalue weighted by Crippen LogP contribution is -2.54. The minimum Gasteiger partial charge on any atom is -0.325 e. The summed E-state index contributed by atoms with van der Waals surface area (Å²) in [6.07, 6.45) is 8.15. The molecule has 2 N–H and O–H groups in total. The Labute approximate surface area is 167 Å². The van der Waals surface area contributed by atoms with Gasteiger partial charge in [-0.15, -0.1) is 0 Å². The second-order valence-corrected chi connectivity index (χ2v) is 8.14. The molecule has 1 spiro atoms. The highest BCUT2D eigenvalue weighted by Crippen LogP contribution is 2.38. The molecule has 2 unspecified atom stereocenters. The van der Waals surface area contributed by atoms with Crippen LogP contribution in [0.15, 0.2) is 24.3 Å². The summed E-state index contributed by atoms with van der Waals surface area (Å²) < 4.78 is 0. The molecule has 1 heterocycles. The maximum absolute atomic E-state index is 12.9. The number of rotatable bonds is 7. The molecule has 28 heavy (non-hydrogen) atoms. The maximum atomic E-state index is 12.9. The van der Waals surface area contributed by atoms with Gasteiger partial charge in [-0.1, -0.05) is 51.7 Å². The van der Waals surface area contributed by atoms with E-state index in [2.05, 4.69) is 17.6 Å². The van der Waals surface area contributed by atoms with Crippen molar-refractivity contribution in [3.8, 4) is 0 Å². The zero-order chi connectivity index (χ0) is 20.1. The van der Waals surface area contributed by atoms with E-state index in [9.17, 15) is 14.4 Å². The number of imide groups is 1. The highest BCUT2D eigenvalue weighted by molar-refractivity contribution is 6.10. The molecule has 1 aliphatic carbocycles. The minimum atomic E-state index is -0.824. The van der Waals surface area contributed by atoms with Gasteiger partial charge in [-0.25, -0.2) is 4.79 Å². The van der Waals surface area contributed by atoms with Crippen molar-refractivity contribution in [1.29, 1.82) is 0 Å². The molecule has 2 aliphatic rings. The van der Waals surface area contributed by atoms with Gasteiger partial charge in [0.15, 0.2) is 0 Å². The lowest BCUT2D eigenvalue weighted by Gasteiger charge is -2.36. The number of anilines is 1. The van der Waals surface area contributed by atoms with Crippen LogP contribution >= 0.6 is 0 Å². The number of hydrogen-bond acceptors (Lipinski definition) is 3. The number of nitrogens with one attached hydrogen (secondary N) is 2. The summed E-state index contributed by atoms with van der Waals surface area (Å²) in [6.45, 7) is 3.93. The highest BCUT2D eigenvalue weighted by Gasteiger charge is 2.55. The fraction of sp³-hybridized carbons (Fsp3) is 0.591. The second kappa shape index (κ2) is 8.76. The van der Waals surface area contributed by atoms with Crippen molar-refractivity contribution in [2.75, 3.05) is 11.9 Å². The van der Waals surface area contributed by atoms with Gasteiger partial charge < -0.3 is 10.6 Å². The Kier molecular flexibility index (Phi) is 6.37. The number of carbonyl (C=O) groups is 3. The number of aryl methyl sites for hydroxylation is 1. The van der Waals surface area contributed by atoms with E-state index >= 15 is 0 Å². The van der Waals surface area contributed by atoms with Crippen molar-refractivity contribution in [3.05, 3.63) is 29.8 Å². The maximum Gasteiger partial charge on any atom is 0.325 e. The summed E-state index contributed by atoms with van der Waals surface area (Å²) >= 11 is 0. The number of benzene rings is 1. The summed E-state index contributed by atoms with van der Waals surface area (Å²) in [7, 11) is 0. The van der Waals surface area contributed by atoms with Crippen LogP contribution in [0.1, 0.15) is 64.4 Å². The summed E-state index contributed by atoms with van der Waals surface area (Å²) in [5.74, 6) is -0.528. The van der Waals surface area contributed by atoms with Gasteiger partial charge in [0.25, 0.3) is 5.91 Å². The summed E-state index contributed by atoms with van der Waals surface area (Å²) in [5.41, 5.74) is 1.10. The number of unbranched alkanes of at least 4 members (excludes halogenated alkanes) is 2. The molecule has 2 atom stereocenters. The molecule has 1 aromatic rings. The van der Waals surface area contributed by atoms with E-state index in [-0.39, 0.29) is 24.3 Å². The van der Waals surface area contributed by atoms with E-state index in [1.165, 1.54) is 18.4 Å². The third-order valence-electron chi connectivity index (χ3n) is 6.11. The highest BCUT2D eigenvalue weighted by atomic mass is 16.2. The van der Waals surface area contributed by atoms with Crippen LogP contribution in [0.25, 0.3) is 0 Å². The normalized spacial score (nSPS) is 24.5. The van der Waals surface area contributed by atoms with Gasteiger partial charge in [0.05, 0.1) is 0 Å². The molecule has 1 saturated carbocycles. The number of urea groups is 1. The quantitative estimate of drug-likeness (QED) is 0.553. The first-order valence-corrected chi connectivity index (χ1v) is 10.5. The first-order chi connectivity index (χ1) is 13.5. The molecule has 3 rings (SSSR count). The van der Waals surface area contributed by atoms with E-state index < -0.39 is 11.6 Å².